The highest BCUT2D eigenvalue weighted by molar-refractivity contribution is 8.14. The van der Waals surface area contributed by atoms with Gasteiger partial charge in [0.25, 0.3) is 0 Å². The number of hydrogen-bond acceptors (Lipinski definition) is 2. The maximum Gasteiger partial charge on any atom is 0.157 e. The molecule has 1 aromatic carbocycles. The van der Waals surface area contributed by atoms with Crippen molar-refractivity contribution < 1.29 is 4.39 Å². The summed E-state index contributed by atoms with van der Waals surface area (Å²) in [6, 6.07) is 6.53. The van der Waals surface area contributed by atoms with Gasteiger partial charge in [0.05, 0.1) is 6.54 Å². The second kappa shape index (κ2) is 5.74. The highest BCUT2D eigenvalue weighted by atomic mass is 32.2. The van der Waals surface area contributed by atoms with Gasteiger partial charge < -0.3 is 5.32 Å². The Bertz CT molecular complexity index is 424. The first-order chi connectivity index (χ1) is 8.67. The maximum absolute atomic E-state index is 12.8. The van der Waals surface area contributed by atoms with E-state index < -0.39 is 0 Å². The Hall–Kier alpha value is -1.03. The lowest BCUT2D eigenvalue weighted by molar-refractivity contribution is 0.407. The van der Waals surface area contributed by atoms with Gasteiger partial charge in [-0.1, -0.05) is 37.7 Å². The molecule has 0 spiro atoms. The summed E-state index contributed by atoms with van der Waals surface area (Å²) < 4.78 is 12.8. The lowest BCUT2D eigenvalue weighted by atomic mass is 9.96. The molecule has 4 heteroatoms. The van der Waals surface area contributed by atoms with E-state index in [0.717, 1.165) is 29.3 Å². The highest BCUT2D eigenvalue weighted by Crippen LogP contribution is 2.29. The zero-order chi connectivity index (χ0) is 13.0. The van der Waals surface area contributed by atoms with Crippen LogP contribution in [0.25, 0.3) is 0 Å². The highest BCUT2D eigenvalue weighted by Gasteiger charge is 2.33. The molecule has 0 radical (unpaired) electrons. The van der Waals surface area contributed by atoms with E-state index in [1.807, 2.05) is 0 Å². The SMILES string of the molecule is CCC1(CC)CSC(=NCc2ccc(F)cc2)N1. The molecule has 0 aliphatic carbocycles. The second-order valence-electron chi connectivity index (χ2n) is 4.65. The Morgan fingerprint density at radius 3 is 2.50 bits per heavy atom. The lowest BCUT2D eigenvalue weighted by Crippen LogP contribution is -2.42. The van der Waals surface area contributed by atoms with Crippen LogP contribution in [0.1, 0.15) is 32.3 Å². The average molecular weight is 266 g/mol. The minimum Gasteiger partial charge on any atom is -0.359 e. The fourth-order valence-corrected chi connectivity index (χ4v) is 3.31. The van der Waals surface area contributed by atoms with Crippen molar-refractivity contribution in [3.05, 3.63) is 35.6 Å². The third-order valence-corrected chi connectivity index (χ3v) is 4.73. The maximum atomic E-state index is 12.8. The Balaban J connectivity index is 1.97. The molecule has 1 heterocycles. The molecule has 0 atom stereocenters. The van der Waals surface area contributed by atoms with Gasteiger partial charge in [-0.2, -0.15) is 0 Å². The van der Waals surface area contributed by atoms with Crippen LogP contribution in [0.4, 0.5) is 4.39 Å². The van der Waals surface area contributed by atoms with Crippen LogP contribution in [0.5, 0.6) is 0 Å². The molecule has 2 rings (SSSR count). The van der Waals surface area contributed by atoms with Crippen molar-refractivity contribution in [2.75, 3.05) is 5.75 Å². The van der Waals surface area contributed by atoms with Gasteiger partial charge in [0, 0.05) is 11.3 Å². The predicted octanol–water partition coefficient (Wildman–Crippen LogP) is 3.58. The third-order valence-electron chi connectivity index (χ3n) is 3.53. The van der Waals surface area contributed by atoms with Crippen LogP contribution in [-0.2, 0) is 6.54 Å². The summed E-state index contributed by atoms with van der Waals surface area (Å²) in [5, 5.41) is 4.54. The molecule has 98 valence electrons. The fraction of sp³-hybridized carbons (Fsp3) is 0.500. The van der Waals surface area contributed by atoms with E-state index in [1.165, 1.54) is 12.1 Å². The number of rotatable bonds is 4. The topological polar surface area (TPSA) is 24.4 Å². The van der Waals surface area contributed by atoms with Crippen LogP contribution < -0.4 is 5.32 Å². The Morgan fingerprint density at radius 1 is 1.28 bits per heavy atom. The summed E-state index contributed by atoms with van der Waals surface area (Å²) in [7, 11) is 0. The van der Waals surface area contributed by atoms with Crippen molar-refractivity contribution in [3.63, 3.8) is 0 Å². The molecular weight excluding hydrogens is 247 g/mol. The predicted molar refractivity (Wildman–Crippen MR) is 76.4 cm³/mol. The quantitative estimate of drug-likeness (QED) is 0.901. The van der Waals surface area contributed by atoms with Crippen molar-refractivity contribution >= 4 is 16.9 Å². The molecule has 1 saturated heterocycles. The largest absolute Gasteiger partial charge is 0.359 e. The van der Waals surface area contributed by atoms with Crippen molar-refractivity contribution in [1.29, 1.82) is 0 Å². The molecule has 0 saturated carbocycles. The fourth-order valence-electron chi connectivity index (χ4n) is 1.97. The second-order valence-corrected chi connectivity index (χ2v) is 5.61. The Labute approximate surface area is 112 Å². The van der Waals surface area contributed by atoms with Crippen LogP contribution >= 0.6 is 11.8 Å². The van der Waals surface area contributed by atoms with Gasteiger partial charge in [0.2, 0.25) is 0 Å². The summed E-state index contributed by atoms with van der Waals surface area (Å²) in [5.41, 5.74) is 1.25. The minimum atomic E-state index is -0.198. The van der Waals surface area contributed by atoms with Crippen molar-refractivity contribution in [2.24, 2.45) is 4.99 Å². The number of hydrogen-bond donors (Lipinski definition) is 1. The van der Waals surface area contributed by atoms with E-state index in [1.54, 1.807) is 23.9 Å². The smallest absolute Gasteiger partial charge is 0.157 e. The van der Waals surface area contributed by atoms with E-state index in [0.29, 0.717) is 6.54 Å². The number of nitrogens with one attached hydrogen (secondary N) is 1. The zero-order valence-electron chi connectivity index (χ0n) is 10.9. The number of benzene rings is 1. The average Bonchev–Trinajstić information content (AvgIpc) is 2.82. The van der Waals surface area contributed by atoms with Gasteiger partial charge in [-0.05, 0) is 30.5 Å². The summed E-state index contributed by atoms with van der Waals surface area (Å²) in [6.07, 6.45) is 2.23. The summed E-state index contributed by atoms with van der Waals surface area (Å²) in [5.74, 6) is 0.887. The number of nitrogens with zero attached hydrogens (tertiary/aromatic N) is 1. The summed E-state index contributed by atoms with van der Waals surface area (Å²) >= 11 is 1.79. The monoisotopic (exact) mass is 266 g/mol. The first kappa shape index (κ1) is 13.4. The normalized spacial score (nSPS) is 20.1. The molecule has 1 fully saturated rings. The van der Waals surface area contributed by atoms with Gasteiger partial charge in [0.15, 0.2) is 5.17 Å². The summed E-state index contributed by atoms with van der Waals surface area (Å²) in [4.78, 5) is 4.56. The standard InChI is InChI=1S/C14H19FN2S/c1-3-14(4-2)10-18-13(17-14)16-9-11-5-7-12(15)8-6-11/h5-8H,3-4,9-10H2,1-2H3,(H,16,17). The van der Waals surface area contributed by atoms with Gasteiger partial charge >= 0.3 is 0 Å². The molecule has 0 amide bonds. The minimum absolute atomic E-state index is 0.198. The first-order valence-electron chi connectivity index (χ1n) is 6.37. The Morgan fingerprint density at radius 2 is 1.94 bits per heavy atom. The molecule has 0 bridgehead atoms. The molecule has 0 unspecified atom stereocenters. The van der Waals surface area contributed by atoms with Gasteiger partial charge in [-0.15, -0.1) is 0 Å². The van der Waals surface area contributed by atoms with Crippen LogP contribution in [0.2, 0.25) is 0 Å². The molecule has 18 heavy (non-hydrogen) atoms. The van der Waals surface area contributed by atoms with E-state index in [-0.39, 0.29) is 11.4 Å². The summed E-state index contributed by atoms with van der Waals surface area (Å²) in [6.45, 7) is 5.03. The van der Waals surface area contributed by atoms with Crippen LogP contribution in [0.3, 0.4) is 0 Å². The van der Waals surface area contributed by atoms with E-state index in [9.17, 15) is 4.39 Å². The Kier molecular flexibility index (Phi) is 4.27. The number of halogens is 1. The molecule has 1 aromatic rings. The molecule has 0 aromatic heterocycles. The van der Waals surface area contributed by atoms with Crippen LogP contribution in [0, 0.1) is 5.82 Å². The van der Waals surface area contributed by atoms with E-state index >= 15 is 0 Å². The van der Waals surface area contributed by atoms with Gasteiger partial charge in [-0.25, -0.2) is 4.39 Å². The molecule has 1 aliphatic heterocycles. The first-order valence-corrected chi connectivity index (χ1v) is 7.36. The molecule has 1 N–H and O–H groups in total. The number of thioether (sulfide) groups is 1. The van der Waals surface area contributed by atoms with E-state index in [2.05, 4.69) is 24.2 Å². The molecule has 2 nitrogen and oxygen atoms in total. The number of aliphatic imine (C=N–C) groups is 1. The van der Waals surface area contributed by atoms with Gasteiger partial charge in [0.1, 0.15) is 5.82 Å². The molecular formula is C14H19FN2S. The molecule has 1 aliphatic rings. The van der Waals surface area contributed by atoms with Crippen molar-refractivity contribution in [3.8, 4) is 0 Å². The zero-order valence-corrected chi connectivity index (χ0v) is 11.7. The van der Waals surface area contributed by atoms with Gasteiger partial charge in [-0.3, -0.25) is 4.99 Å². The van der Waals surface area contributed by atoms with Crippen LogP contribution in [-0.4, -0.2) is 16.5 Å². The number of amidine groups is 1. The lowest BCUT2D eigenvalue weighted by Gasteiger charge is -2.25. The third kappa shape index (κ3) is 3.05. The van der Waals surface area contributed by atoms with Crippen molar-refractivity contribution in [2.45, 2.75) is 38.8 Å². The van der Waals surface area contributed by atoms with E-state index in [4.69, 9.17) is 0 Å². The van der Waals surface area contributed by atoms with Crippen molar-refractivity contribution in [1.82, 2.24) is 5.32 Å². The van der Waals surface area contributed by atoms with Crippen LogP contribution in [0.15, 0.2) is 29.3 Å².